The Morgan fingerprint density at radius 3 is 2.57 bits per heavy atom. The van der Waals surface area contributed by atoms with Crippen LogP contribution in [0.1, 0.15) is 47.3 Å². The summed E-state index contributed by atoms with van der Waals surface area (Å²) >= 11 is 1.33. The minimum absolute atomic E-state index is 0.152. The lowest BCUT2D eigenvalue weighted by molar-refractivity contribution is -0.115. The molecule has 0 unspecified atom stereocenters. The van der Waals surface area contributed by atoms with Crippen molar-refractivity contribution < 1.29 is 19.1 Å². The highest BCUT2D eigenvalue weighted by atomic mass is 32.1. The van der Waals surface area contributed by atoms with Gasteiger partial charge >= 0.3 is 6.09 Å². The summed E-state index contributed by atoms with van der Waals surface area (Å²) in [5.74, 6) is -0.665. The fourth-order valence-corrected chi connectivity index (χ4v) is 3.90. The summed E-state index contributed by atoms with van der Waals surface area (Å²) < 4.78 is 5.42. The van der Waals surface area contributed by atoms with Crippen LogP contribution in [0, 0.1) is 6.92 Å². The summed E-state index contributed by atoms with van der Waals surface area (Å²) in [6.45, 7) is 8.21. The summed E-state index contributed by atoms with van der Waals surface area (Å²) in [7, 11) is 0. The van der Waals surface area contributed by atoms with Crippen molar-refractivity contribution >= 4 is 34.4 Å². The molecule has 0 bridgehead atoms. The number of aromatic nitrogens is 1. The first-order valence-corrected chi connectivity index (χ1v) is 10.5. The van der Waals surface area contributed by atoms with Crippen molar-refractivity contribution in [1.29, 1.82) is 0 Å². The molecule has 1 aromatic heterocycles. The van der Waals surface area contributed by atoms with Crippen LogP contribution < -0.4 is 10.6 Å². The molecule has 0 saturated carbocycles. The van der Waals surface area contributed by atoms with Crippen molar-refractivity contribution in [2.75, 3.05) is 18.4 Å². The molecule has 0 atom stereocenters. The molecule has 2 N–H and O–H groups in total. The van der Waals surface area contributed by atoms with Gasteiger partial charge in [-0.15, -0.1) is 0 Å². The highest BCUT2D eigenvalue weighted by Gasteiger charge is 2.28. The average Bonchev–Trinajstić information content (AvgIpc) is 3.06. The normalized spacial score (nSPS) is 13.4. The highest BCUT2D eigenvalue weighted by molar-refractivity contribution is 7.15. The topological polar surface area (TPSA) is 101 Å². The number of aryl methyl sites for hydroxylation is 1. The second kappa shape index (κ2) is 8.83. The molecule has 3 amide bonds. The molecule has 2 heterocycles. The molecule has 2 aromatic rings. The number of fused-ring (bicyclic) bond motifs is 1. The fraction of sp³-hybridized carbons (Fsp3) is 0.429. The minimum atomic E-state index is -0.548. The van der Waals surface area contributed by atoms with Gasteiger partial charge in [-0.05, 0) is 39.8 Å². The molecule has 0 spiro atoms. The lowest BCUT2D eigenvalue weighted by atomic mass is 10.1. The van der Waals surface area contributed by atoms with Gasteiger partial charge in [-0.1, -0.05) is 29.0 Å². The second-order valence-electron chi connectivity index (χ2n) is 8.14. The second-order valence-corrected chi connectivity index (χ2v) is 9.22. The molecule has 9 heteroatoms. The van der Waals surface area contributed by atoms with Crippen molar-refractivity contribution in [3.8, 4) is 0 Å². The van der Waals surface area contributed by atoms with E-state index >= 15 is 0 Å². The summed E-state index contributed by atoms with van der Waals surface area (Å²) in [6.07, 6.45) is 0.247. The molecule has 1 aromatic carbocycles. The quantitative estimate of drug-likeness (QED) is 0.776. The van der Waals surface area contributed by atoms with E-state index in [9.17, 15) is 14.4 Å². The maximum atomic E-state index is 12.3. The van der Waals surface area contributed by atoms with Gasteiger partial charge in [-0.3, -0.25) is 9.59 Å². The summed E-state index contributed by atoms with van der Waals surface area (Å²) in [5, 5.41) is 5.78. The molecule has 8 nitrogen and oxygen atoms in total. The van der Waals surface area contributed by atoms with Crippen LogP contribution in [0.15, 0.2) is 24.3 Å². The predicted molar refractivity (Wildman–Crippen MR) is 115 cm³/mol. The third-order valence-corrected chi connectivity index (χ3v) is 5.35. The number of benzene rings is 1. The zero-order valence-corrected chi connectivity index (χ0v) is 18.4. The van der Waals surface area contributed by atoms with Gasteiger partial charge in [0, 0.05) is 23.4 Å². The van der Waals surface area contributed by atoms with Gasteiger partial charge in [0.25, 0.3) is 5.91 Å². The zero-order chi connectivity index (χ0) is 21.9. The van der Waals surface area contributed by atoms with E-state index < -0.39 is 5.60 Å². The third kappa shape index (κ3) is 5.79. The Bertz CT molecular complexity index is 947. The number of anilines is 1. The largest absolute Gasteiger partial charge is 0.444 e. The number of carbonyl (C=O) groups is 3. The van der Waals surface area contributed by atoms with E-state index in [0.717, 1.165) is 16.1 Å². The lowest BCUT2D eigenvalue weighted by Gasteiger charge is -2.29. The molecular weight excluding hydrogens is 404 g/mol. The van der Waals surface area contributed by atoms with Crippen LogP contribution in [0.25, 0.3) is 0 Å². The Balaban J connectivity index is 1.52. The Labute approximate surface area is 179 Å². The van der Waals surface area contributed by atoms with Gasteiger partial charge in [0.1, 0.15) is 5.60 Å². The first-order valence-electron chi connectivity index (χ1n) is 9.72. The van der Waals surface area contributed by atoms with Crippen LogP contribution in [-0.4, -0.2) is 46.5 Å². The molecule has 30 heavy (non-hydrogen) atoms. The third-order valence-electron chi connectivity index (χ3n) is 4.35. The number of nitrogens with zero attached hydrogens (tertiary/aromatic N) is 2. The number of thiazole rings is 1. The summed E-state index contributed by atoms with van der Waals surface area (Å²) in [5.41, 5.74) is 1.88. The molecule has 0 fully saturated rings. The van der Waals surface area contributed by atoms with Crippen LogP contribution in [0.3, 0.4) is 0 Å². The highest BCUT2D eigenvalue weighted by Crippen LogP contribution is 2.29. The molecule has 1 aliphatic heterocycles. The Morgan fingerprint density at radius 1 is 1.20 bits per heavy atom. The molecule has 1 aliphatic rings. The van der Waals surface area contributed by atoms with E-state index in [-0.39, 0.29) is 24.5 Å². The Morgan fingerprint density at radius 2 is 1.90 bits per heavy atom. The average molecular weight is 431 g/mol. The SMILES string of the molecule is Cc1ccc(C(=O)NCC(=O)Nc2nc3c(s2)CN(C(=O)OC(C)(C)C)CC3)cc1. The standard InChI is InChI=1S/C21H26N4O4S/c1-13-5-7-14(8-6-13)18(27)22-11-17(26)24-19-23-15-9-10-25(12-16(15)30-19)20(28)29-21(2,3)4/h5-8H,9-12H2,1-4H3,(H,22,27)(H,23,24,26). The van der Waals surface area contributed by atoms with E-state index in [1.807, 2.05) is 39.8 Å². The number of carbonyl (C=O) groups excluding carboxylic acids is 3. The summed E-state index contributed by atoms with van der Waals surface area (Å²) in [4.78, 5) is 43.6. The number of ether oxygens (including phenoxy) is 1. The van der Waals surface area contributed by atoms with Gasteiger partial charge in [0.2, 0.25) is 5.91 Å². The monoisotopic (exact) mass is 430 g/mol. The van der Waals surface area contributed by atoms with Gasteiger partial charge in [0.15, 0.2) is 5.13 Å². The van der Waals surface area contributed by atoms with Crippen molar-refractivity contribution in [3.63, 3.8) is 0 Å². The van der Waals surface area contributed by atoms with E-state index in [2.05, 4.69) is 15.6 Å². The molecule has 0 saturated heterocycles. The maximum absolute atomic E-state index is 12.3. The number of hydrogen-bond acceptors (Lipinski definition) is 6. The van der Waals surface area contributed by atoms with Crippen LogP contribution in [0.5, 0.6) is 0 Å². The number of nitrogens with one attached hydrogen (secondary N) is 2. The Kier molecular flexibility index (Phi) is 6.40. The van der Waals surface area contributed by atoms with Crippen molar-refractivity contribution in [2.24, 2.45) is 0 Å². The lowest BCUT2D eigenvalue weighted by Crippen LogP contribution is -2.39. The fourth-order valence-electron chi connectivity index (χ4n) is 2.86. The number of hydrogen-bond donors (Lipinski definition) is 2. The smallest absolute Gasteiger partial charge is 0.410 e. The molecule has 160 valence electrons. The molecule has 0 aliphatic carbocycles. The first kappa shape index (κ1) is 21.8. The number of amides is 3. The van der Waals surface area contributed by atoms with E-state index in [0.29, 0.717) is 30.2 Å². The Hall–Kier alpha value is -2.94. The predicted octanol–water partition coefficient (Wildman–Crippen LogP) is 3.11. The van der Waals surface area contributed by atoms with Gasteiger partial charge < -0.3 is 20.3 Å². The van der Waals surface area contributed by atoms with Gasteiger partial charge in [-0.2, -0.15) is 0 Å². The molecule has 0 radical (unpaired) electrons. The van der Waals surface area contributed by atoms with Crippen molar-refractivity contribution in [1.82, 2.24) is 15.2 Å². The van der Waals surface area contributed by atoms with Gasteiger partial charge in [0.05, 0.1) is 18.8 Å². The van der Waals surface area contributed by atoms with E-state index in [1.165, 1.54) is 11.3 Å². The van der Waals surface area contributed by atoms with E-state index in [4.69, 9.17) is 4.74 Å². The van der Waals surface area contributed by atoms with Crippen molar-refractivity contribution in [3.05, 3.63) is 46.0 Å². The molecular formula is C21H26N4O4S. The maximum Gasteiger partial charge on any atom is 0.410 e. The van der Waals surface area contributed by atoms with E-state index in [1.54, 1.807) is 17.0 Å². The van der Waals surface area contributed by atoms with Crippen molar-refractivity contribution in [2.45, 2.75) is 46.3 Å². The van der Waals surface area contributed by atoms with Crippen LogP contribution in [0.2, 0.25) is 0 Å². The first-order chi connectivity index (χ1) is 14.1. The zero-order valence-electron chi connectivity index (χ0n) is 17.6. The van der Waals surface area contributed by atoms with Crippen LogP contribution >= 0.6 is 11.3 Å². The summed E-state index contributed by atoms with van der Waals surface area (Å²) in [6, 6.07) is 7.12. The van der Waals surface area contributed by atoms with Crippen LogP contribution in [-0.2, 0) is 22.5 Å². The minimum Gasteiger partial charge on any atom is -0.444 e. The van der Waals surface area contributed by atoms with Crippen LogP contribution in [0.4, 0.5) is 9.93 Å². The number of rotatable bonds is 4. The van der Waals surface area contributed by atoms with Gasteiger partial charge in [-0.25, -0.2) is 9.78 Å². The molecule has 3 rings (SSSR count).